The number of hydroxylamine groups is 2. The maximum atomic E-state index is 13.0. The fraction of sp³-hybridized carbons (Fsp3) is 0.529. The summed E-state index contributed by atoms with van der Waals surface area (Å²) in [7, 11) is 0. The second-order valence-electron chi connectivity index (χ2n) is 7.35. The Balaban J connectivity index is 2.20. The van der Waals surface area contributed by atoms with Gasteiger partial charge in [-0.15, -0.1) is 0 Å². The number of rotatable bonds is 2. The first-order valence-corrected chi connectivity index (χ1v) is 7.89. The first-order chi connectivity index (χ1) is 11.1. The zero-order valence-electron chi connectivity index (χ0n) is 14.5. The van der Waals surface area contributed by atoms with E-state index in [1.165, 1.54) is 17.2 Å². The van der Waals surface area contributed by atoms with Crippen LogP contribution >= 0.6 is 0 Å². The van der Waals surface area contributed by atoms with Crippen LogP contribution in [0.4, 0.5) is 10.1 Å². The van der Waals surface area contributed by atoms with Gasteiger partial charge < -0.3 is 10.5 Å². The molecule has 0 unspecified atom stereocenters. The van der Waals surface area contributed by atoms with E-state index in [0.29, 0.717) is 24.5 Å². The molecule has 1 aliphatic rings. The van der Waals surface area contributed by atoms with Crippen molar-refractivity contribution in [2.75, 3.05) is 5.32 Å². The van der Waals surface area contributed by atoms with Crippen LogP contribution in [0.5, 0.6) is 0 Å². The third-order valence-corrected chi connectivity index (χ3v) is 4.21. The summed E-state index contributed by atoms with van der Waals surface area (Å²) in [6, 6.07) is 5.76. The molecular formula is C17H24FN5O. The summed E-state index contributed by atoms with van der Waals surface area (Å²) in [5.41, 5.74) is -0.219. The van der Waals surface area contributed by atoms with Crippen LogP contribution < -0.4 is 10.6 Å². The van der Waals surface area contributed by atoms with E-state index in [4.69, 9.17) is 5.26 Å². The first-order valence-electron chi connectivity index (χ1n) is 7.89. The van der Waals surface area contributed by atoms with Gasteiger partial charge in [-0.3, -0.25) is 5.32 Å². The zero-order valence-corrected chi connectivity index (χ0v) is 14.5. The minimum Gasteiger partial charge on any atom is -0.326 e. The number of nitrogens with one attached hydrogen (secondary N) is 2. The van der Waals surface area contributed by atoms with Crippen LogP contribution in [0.1, 0.15) is 40.5 Å². The average molecular weight is 333 g/mol. The van der Waals surface area contributed by atoms with Crippen LogP contribution in [0.3, 0.4) is 0 Å². The van der Waals surface area contributed by atoms with Gasteiger partial charge in [-0.1, -0.05) is 0 Å². The Morgan fingerprint density at radius 3 is 2.29 bits per heavy atom. The Hall–Kier alpha value is -2.17. The molecule has 3 N–H and O–H groups in total. The van der Waals surface area contributed by atoms with Crippen LogP contribution in [-0.2, 0) is 0 Å². The summed E-state index contributed by atoms with van der Waals surface area (Å²) in [6.45, 7) is 7.84. The third-order valence-electron chi connectivity index (χ3n) is 4.21. The molecule has 130 valence electrons. The van der Waals surface area contributed by atoms with Crippen molar-refractivity contribution in [3.63, 3.8) is 0 Å². The number of aliphatic imine (C=N–C) groups is 1. The van der Waals surface area contributed by atoms with Crippen molar-refractivity contribution in [3.05, 3.63) is 30.1 Å². The average Bonchev–Trinajstić information content (AvgIpc) is 2.47. The quantitative estimate of drug-likeness (QED) is 0.335. The molecule has 24 heavy (non-hydrogen) atoms. The molecule has 6 nitrogen and oxygen atoms in total. The molecule has 1 heterocycles. The van der Waals surface area contributed by atoms with Gasteiger partial charge in [0.1, 0.15) is 5.82 Å². The van der Waals surface area contributed by atoms with Crippen molar-refractivity contribution >= 4 is 11.6 Å². The van der Waals surface area contributed by atoms with Crippen LogP contribution in [0, 0.1) is 17.3 Å². The maximum absolute atomic E-state index is 13.0. The summed E-state index contributed by atoms with van der Waals surface area (Å²) < 4.78 is 13.0. The highest BCUT2D eigenvalue weighted by molar-refractivity contribution is 5.94. The molecule has 1 aromatic rings. The van der Waals surface area contributed by atoms with E-state index in [9.17, 15) is 9.60 Å². The highest BCUT2D eigenvalue weighted by Crippen LogP contribution is 2.37. The molecule has 0 spiro atoms. The molecule has 7 heteroatoms. The predicted molar refractivity (Wildman–Crippen MR) is 91.0 cm³/mol. The molecule has 1 fully saturated rings. The van der Waals surface area contributed by atoms with Gasteiger partial charge in [-0.2, -0.15) is 10.3 Å². The van der Waals surface area contributed by atoms with Gasteiger partial charge >= 0.3 is 0 Å². The monoisotopic (exact) mass is 333 g/mol. The summed E-state index contributed by atoms with van der Waals surface area (Å²) in [5, 5.41) is 26.2. The number of hydrogen-bond acceptors (Lipinski definition) is 4. The Kier molecular flexibility index (Phi) is 5.11. The molecule has 1 saturated heterocycles. The Morgan fingerprint density at radius 1 is 1.25 bits per heavy atom. The molecule has 0 aromatic heterocycles. The summed E-state index contributed by atoms with van der Waals surface area (Å²) in [6.07, 6.45) is 3.16. The normalized spacial score (nSPS) is 21.1. The molecule has 0 radical (unpaired) electrons. The van der Waals surface area contributed by atoms with Crippen molar-refractivity contribution in [1.29, 1.82) is 5.26 Å². The first kappa shape index (κ1) is 18.2. The highest BCUT2D eigenvalue weighted by atomic mass is 19.1. The molecule has 0 atom stereocenters. The molecule has 1 aliphatic heterocycles. The number of guanidine groups is 1. The molecule has 0 aliphatic carbocycles. The second-order valence-corrected chi connectivity index (χ2v) is 7.35. The lowest BCUT2D eigenvalue weighted by molar-refractivity contribution is -0.244. The third kappa shape index (κ3) is 4.22. The number of anilines is 1. The smallest absolute Gasteiger partial charge is 0.209 e. The molecular weight excluding hydrogens is 309 g/mol. The summed E-state index contributed by atoms with van der Waals surface area (Å²) >= 11 is 0. The van der Waals surface area contributed by atoms with E-state index in [0.717, 1.165) is 0 Å². The number of piperidine rings is 1. The fourth-order valence-corrected chi connectivity index (χ4v) is 3.31. The van der Waals surface area contributed by atoms with E-state index in [2.05, 4.69) is 15.6 Å². The van der Waals surface area contributed by atoms with Crippen molar-refractivity contribution in [2.24, 2.45) is 4.99 Å². The van der Waals surface area contributed by atoms with E-state index < -0.39 is 11.1 Å². The van der Waals surface area contributed by atoms with Gasteiger partial charge in [0.05, 0.1) is 6.04 Å². The van der Waals surface area contributed by atoms with Crippen LogP contribution in [-0.4, -0.2) is 33.3 Å². The van der Waals surface area contributed by atoms with Crippen molar-refractivity contribution in [1.82, 2.24) is 10.4 Å². The molecule has 2 rings (SSSR count). The molecule has 1 aromatic carbocycles. The minimum absolute atomic E-state index is 0.0674. The molecule has 0 saturated carbocycles. The van der Waals surface area contributed by atoms with E-state index in [1.54, 1.807) is 12.1 Å². The summed E-state index contributed by atoms with van der Waals surface area (Å²) in [4.78, 5) is 4.61. The molecule has 0 amide bonds. The van der Waals surface area contributed by atoms with E-state index >= 15 is 0 Å². The number of hydrogen-bond donors (Lipinski definition) is 3. The van der Waals surface area contributed by atoms with Gasteiger partial charge in [0.15, 0.2) is 6.19 Å². The van der Waals surface area contributed by atoms with Crippen LogP contribution in [0.2, 0.25) is 0 Å². The topological polar surface area (TPSA) is 83.7 Å². The van der Waals surface area contributed by atoms with Gasteiger partial charge in [-0.05, 0) is 64.8 Å². The van der Waals surface area contributed by atoms with Crippen LogP contribution in [0.25, 0.3) is 0 Å². The van der Waals surface area contributed by atoms with Gasteiger partial charge in [-0.25, -0.2) is 9.38 Å². The molecule has 0 bridgehead atoms. The Labute approximate surface area is 142 Å². The lowest BCUT2D eigenvalue weighted by Gasteiger charge is -2.50. The van der Waals surface area contributed by atoms with Crippen molar-refractivity contribution < 1.29 is 9.60 Å². The lowest BCUT2D eigenvalue weighted by Crippen LogP contribution is -2.60. The number of nitrogens with zero attached hydrogens (tertiary/aromatic N) is 3. The van der Waals surface area contributed by atoms with Gasteiger partial charge in [0.25, 0.3) is 0 Å². The largest absolute Gasteiger partial charge is 0.326 e. The predicted octanol–water partition coefficient (Wildman–Crippen LogP) is 3.08. The minimum atomic E-state index is -0.427. The number of halogens is 1. The SMILES string of the molecule is CC1(C)CC(N=C(NC#N)Nc2ccc(F)cc2)CC(C)(C)N1O. The fourth-order valence-electron chi connectivity index (χ4n) is 3.31. The maximum Gasteiger partial charge on any atom is 0.209 e. The van der Waals surface area contributed by atoms with Gasteiger partial charge in [0, 0.05) is 16.8 Å². The highest BCUT2D eigenvalue weighted by Gasteiger charge is 2.45. The summed E-state index contributed by atoms with van der Waals surface area (Å²) in [5.74, 6) is -0.0156. The zero-order chi connectivity index (χ0) is 18.0. The van der Waals surface area contributed by atoms with E-state index in [1.807, 2.05) is 33.9 Å². The number of nitriles is 1. The number of benzene rings is 1. The van der Waals surface area contributed by atoms with Crippen molar-refractivity contribution in [3.8, 4) is 6.19 Å². The van der Waals surface area contributed by atoms with Crippen LogP contribution in [0.15, 0.2) is 29.3 Å². The standard InChI is InChI=1S/C17H24FN5O/c1-16(2)9-14(10-17(3,4)23(16)24)22-15(20-11-19)21-13-7-5-12(18)6-8-13/h5-8,14,24H,9-10H2,1-4H3,(H2,20,21,22). The Bertz CT molecular complexity index is 630. The van der Waals surface area contributed by atoms with Gasteiger partial charge in [0.2, 0.25) is 5.96 Å². The second kappa shape index (κ2) is 6.75. The lowest BCUT2D eigenvalue weighted by atomic mass is 9.79. The van der Waals surface area contributed by atoms with Crippen molar-refractivity contribution in [2.45, 2.75) is 57.7 Å². The van der Waals surface area contributed by atoms with E-state index in [-0.39, 0.29) is 11.9 Å². The Morgan fingerprint density at radius 2 is 1.79 bits per heavy atom.